The Morgan fingerprint density at radius 1 is 1.06 bits per heavy atom. The molecule has 1 aromatic carbocycles. The Morgan fingerprint density at radius 3 is 2.25 bits per heavy atom. The maximum absolute atomic E-state index is 10.7. The normalized spacial score (nSPS) is 10.1. The minimum absolute atomic E-state index is 0.258. The summed E-state index contributed by atoms with van der Waals surface area (Å²) in [6.07, 6.45) is 0. The number of carboxylic acid groups (broad SMARTS) is 1. The lowest BCUT2D eigenvalue weighted by atomic mass is 10.1. The number of carboxylic acids is 1. The molecule has 0 fully saturated rings. The molecule has 0 unspecified atom stereocenters. The molecule has 2 aromatic rings. The molecule has 0 saturated carbocycles. The standard InChI is InChI=1S/C11H7BrN2O2/c12-10-6-5-9(13-14-10)7-1-3-8(4-2-7)11(15)16/h1-6H,(H,15,16). The number of carbonyl (C=O) groups is 1. The quantitative estimate of drug-likeness (QED) is 0.917. The first-order valence-corrected chi connectivity index (χ1v) is 5.29. The number of hydrogen-bond donors (Lipinski definition) is 1. The summed E-state index contributed by atoms with van der Waals surface area (Å²) >= 11 is 3.20. The molecule has 16 heavy (non-hydrogen) atoms. The second-order valence-corrected chi connectivity index (χ2v) is 3.94. The molecule has 5 heteroatoms. The van der Waals surface area contributed by atoms with E-state index in [1.807, 2.05) is 6.07 Å². The molecule has 0 spiro atoms. The maximum atomic E-state index is 10.7. The summed E-state index contributed by atoms with van der Waals surface area (Å²) in [5.41, 5.74) is 1.80. The Kier molecular flexibility index (Phi) is 2.96. The van der Waals surface area contributed by atoms with Gasteiger partial charge in [-0.2, -0.15) is 0 Å². The minimum atomic E-state index is -0.937. The van der Waals surface area contributed by atoms with Crippen molar-refractivity contribution in [1.29, 1.82) is 0 Å². The molecule has 0 radical (unpaired) electrons. The first kappa shape index (κ1) is 10.8. The topological polar surface area (TPSA) is 63.1 Å². The van der Waals surface area contributed by atoms with Crippen molar-refractivity contribution in [3.8, 4) is 11.3 Å². The highest BCUT2D eigenvalue weighted by Gasteiger charge is 2.04. The lowest BCUT2D eigenvalue weighted by Crippen LogP contribution is -1.95. The Labute approximate surface area is 100 Å². The van der Waals surface area contributed by atoms with Gasteiger partial charge >= 0.3 is 5.97 Å². The van der Waals surface area contributed by atoms with Crippen LogP contribution in [0.3, 0.4) is 0 Å². The summed E-state index contributed by atoms with van der Waals surface area (Å²) < 4.78 is 0.665. The average Bonchev–Trinajstić information content (AvgIpc) is 2.30. The van der Waals surface area contributed by atoms with Crippen LogP contribution in [0.1, 0.15) is 10.4 Å². The average molecular weight is 279 g/mol. The van der Waals surface area contributed by atoms with Gasteiger partial charge < -0.3 is 5.11 Å². The van der Waals surface area contributed by atoms with Crippen LogP contribution in [0, 0.1) is 0 Å². The van der Waals surface area contributed by atoms with Crippen molar-refractivity contribution in [3.05, 3.63) is 46.6 Å². The van der Waals surface area contributed by atoms with E-state index in [0.717, 1.165) is 5.56 Å². The molecule has 80 valence electrons. The fourth-order valence-corrected chi connectivity index (χ4v) is 1.46. The third kappa shape index (κ3) is 2.25. The van der Waals surface area contributed by atoms with Crippen LogP contribution < -0.4 is 0 Å². The molecule has 0 saturated heterocycles. The van der Waals surface area contributed by atoms with E-state index >= 15 is 0 Å². The van der Waals surface area contributed by atoms with Crippen molar-refractivity contribution >= 4 is 21.9 Å². The SMILES string of the molecule is O=C(O)c1ccc(-c2ccc(Br)nn2)cc1. The molecule has 1 N–H and O–H groups in total. The highest BCUT2D eigenvalue weighted by atomic mass is 79.9. The third-order valence-electron chi connectivity index (χ3n) is 2.06. The molecule has 2 rings (SSSR count). The van der Waals surface area contributed by atoms with E-state index in [1.54, 1.807) is 30.3 Å². The number of rotatable bonds is 2. The fraction of sp³-hybridized carbons (Fsp3) is 0. The van der Waals surface area contributed by atoms with Crippen LogP contribution in [0.4, 0.5) is 0 Å². The van der Waals surface area contributed by atoms with Gasteiger partial charge in [0.25, 0.3) is 0 Å². The van der Waals surface area contributed by atoms with Crippen LogP contribution in [0.25, 0.3) is 11.3 Å². The van der Waals surface area contributed by atoms with Gasteiger partial charge in [-0.05, 0) is 40.2 Å². The number of benzene rings is 1. The molecule has 0 aliphatic carbocycles. The van der Waals surface area contributed by atoms with E-state index < -0.39 is 5.97 Å². The van der Waals surface area contributed by atoms with Crippen molar-refractivity contribution in [3.63, 3.8) is 0 Å². The van der Waals surface area contributed by atoms with Crippen molar-refractivity contribution in [1.82, 2.24) is 10.2 Å². The van der Waals surface area contributed by atoms with Gasteiger partial charge in [-0.15, -0.1) is 10.2 Å². The highest BCUT2D eigenvalue weighted by Crippen LogP contribution is 2.17. The van der Waals surface area contributed by atoms with Gasteiger partial charge in [0.05, 0.1) is 11.3 Å². The number of halogens is 1. The second-order valence-electron chi connectivity index (χ2n) is 3.12. The molecule has 0 aliphatic rings. The summed E-state index contributed by atoms with van der Waals surface area (Å²) in [7, 11) is 0. The molecular formula is C11H7BrN2O2. The zero-order valence-corrected chi connectivity index (χ0v) is 9.68. The molecule has 0 bridgehead atoms. The first-order valence-electron chi connectivity index (χ1n) is 4.50. The largest absolute Gasteiger partial charge is 0.478 e. The first-order chi connectivity index (χ1) is 7.66. The second kappa shape index (κ2) is 4.40. The third-order valence-corrected chi connectivity index (χ3v) is 2.48. The van der Waals surface area contributed by atoms with Crippen molar-refractivity contribution in [2.24, 2.45) is 0 Å². The van der Waals surface area contributed by atoms with Crippen LogP contribution in [-0.4, -0.2) is 21.3 Å². The molecule has 1 aromatic heterocycles. The van der Waals surface area contributed by atoms with Gasteiger partial charge in [-0.1, -0.05) is 12.1 Å². The Morgan fingerprint density at radius 2 is 1.75 bits per heavy atom. The molecule has 4 nitrogen and oxygen atoms in total. The zero-order chi connectivity index (χ0) is 11.5. The number of aromatic carboxylic acids is 1. The molecule has 0 amide bonds. The number of nitrogens with zero attached hydrogens (tertiary/aromatic N) is 2. The molecule has 1 heterocycles. The van der Waals surface area contributed by atoms with Crippen LogP contribution in [-0.2, 0) is 0 Å². The van der Waals surface area contributed by atoms with E-state index in [-0.39, 0.29) is 5.56 Å². The van der Waals surface area contributed by atoms with E-state index in [4.69, 9.17) is 5.11 Å². The van der Waals surface area contributed by atoms with Gasteiger partial charge in [0, 0.05) is 5.56 Å². The predicted molar refractivity (Wildman–Crippen MR) is 62.1 cm³/mol. The number of hydrogen-bond acceptors (Lipinski definition) is 3. The zero-order valence-electron chi connectivity index (χ0n) is 8.09. The highest BCUT2D eigenvalue weighted by molar-refractivity contribution is 9.10. The minimum Gasteiger partial charge on any atom is -0.478 e. The van der Waals surface area contributed by atoms with Gasteiger partial charge in [0.15, 0.2) is 0 Å². The molecule has 0 aliphatic heterocycles. The monoisotopic (exact) mass is 278 g/mol. The fourth-order valence-electron chi connectivity index (χ4n) is 1.25. The van der Waals surface area contributed by atoms with Gasteiger partial charge in [-0.3, -0.25) is 0 Å². The molecular weight excluding hydrogens is 272 g/mol. The van der Waals surface area contributed by atoms with E-state index in [1.165, 1.54) is 0 Å². The van der Waals surface area contributed by atoms with Crippen LogP contribution in [0.15, 0.2) is 41.0 Å². The summed E-state index contributed by atoms with van der Waals surface area (Å²) in [5, 5.41) is 16.6. The summed E-state index contributed by atoms with van der Waals surface area (Å²) in [5.74, 6) is -0.937. The van der Waals surface area contributed by atoms with Crippen LogP contribution >= 0.6 is 15.9 Å². The van der Waals surface area contributed by atoms with E-state index in [2.05, 4.69) is 26.1 Å². The van der Waals surface area contributed by atoms with E-state index in [0.29, 0.717) is 10.3 Å². The van der Waals surface area contributed by atoms with E-state index in [9.17, 15) is 4.79 Å². The van der Waals surface area contributed by atoms with Crippen LogP contribution in [0.2, 0.25) is 0 Å². The maximum Gasteiger partial charge on any atom is 0.335 e. The Bertz CT molecular complexity index is 509. The summed E-state index contributed by atoms with van der Waals surface area (Å²) in [6, 6.07) is 10.1. The number of aromatic nitrogens is 2. The lowest BCUT2D eigenvalue weighted by Gasteiger charge is -2.00. The predicted octanol–water partition coefficient (Wildman–Crippen LogP) is 2.60. The summed E-state index contributed by atoms with van der Waals surface area (Å²) in [6.45, 7) is 0. The van der Waals surface area contributed by atoms with Gasteiger partial charge in [0.1, 0.15) is 4.60 Å². The summed E-state index contributed by atoms with van der Waals surface area (Å²) in [4.78, 5) is 10.7. The Balaban J connectivity index is 2.34. The Hall–Kier alpha value is -1.75. The van der Waals surface area contributed by atoms with Gasteiger partial charge in [-0.25, -0.2) is 4.79 Å². The van der Waals surface area contributed by atoms with Crippen molar-refractivity contribution < 1.29 is 9.90 Å². The smallest absolute Gasteiger partial charge is 0.335 e. The van der Waals surface area contributed by atoms with Gasteiger partial charge in [0.2, 0.25) is 0 Å². The lowest BCUT2D eigenvalue weighted by molar-refractivity contribution is 0.0697. The van der Waals surface area contributed by atoms with Crippen molar-refractivity contribution in [2.75, 3.05) is 0 Å². The van der Waals surface area contributed by atoms with Crippen molar-refractivity contribution in [2.45, 2.75) is 0 Å². The van der Waals surface area contributed by atoms with Crippen LogP contribution in [0.5, 0.6) is 0 Å². The molecule has 0 atom stereocenters.